The van der Waals surface area contributed by atoms with Gasteiger partial charge in [0.2, 0.25) is 0 Å². The Hall–Kier alpha value is -3.20. The van der Waals surface area contributed by atoms with Crippen molar-refractivity contribution in [3.63, 3.8) is 0 Å². The zero-order chi connectivity index (χ0) is 17.8. The summed E-state index contributed by atoms with van der Waals surface area (Å²) in [4.78, 5) is 1.93. The van der Waals surface area contributed by atoms with Crippen LogP contribution in [-0.2, 0) is 13.1 Å². The molecule has 0 radical (unpaired) electrons. The van der Waals surface area contributed by atoms with Gasteiger partial charge in [0.05, 0.1) is 18.4 Å². The molecule has 0 amide bonds. The van der Waals surface area contributed by atoms with Gasteiger partial charge in [-0.25, -0.2) is 0 Å². The van der Waals surface area contributed by atoms with E-state index in [-0.39, 0.29) is 0 Å². The molecular weight excluding hydrogens is 312 g/mol. The molecule has 0 N–H and O–H groups in total. The molecule has 6 nitrogen and oxygen atoms in total. The Balaban J connectivity index is 1.75. The third-order valence-corrected chi connectivity index (χ3v) is 4.20. The van der Waals surface area contributed by atoms with Crippen LogP contribution in [0.1, 0.15) is 27.9 Å². The highest BCUT2D eigenvalue weighted by atomic mass is 15.3. The highest BCUT2D eigenvalue weighted by molar-refractivity contribution is 5.57. The van der Waals surface area contributed by atoms with Gasteiger partial charge in [0.15, 0.2) is 5.82 Å². The minimum atomic E-state index is 0.576. The van der Waals surface area contributed by atoms with E-state index < -0.39 is 0 Å². The number of hydrogen-bond donors (Lipinski definition) is 0. The van der Waals surface area contributed by atoms with Crippen molar-refractivity contribution in [1.82, 2.24) is 20.0 Å². The molecule has 0 saturated heterocycles. The molecule has 0 spiro atoms. The molecule has 25 heavy (non-hydrogen) atoms. The summed E-state index contributed by atoms with van der Waals surface area (Å²) in [5.41, 5.74) is 4.50. The van der Waals surface area contributed by atoms with Crippen LogP contribution < -0.4 is 4.90 Å². The van der Waals surface area contributed by atoms with Crippen LogP contribution in [0.25, 0.3) is 0 Å². The lowest BCUT2D eigenvalue weighted by Crippen LogP contribution is -2.20. The predicted molar refractivity (Wildman–Crippen MR) is 96.1 cm³/mol. The van der Waals surface area contributed by atoms with Gasteiger partial charge in [-0.2, -0.15) is 15.5 Å². The van der Waals surface area contributed by atoms with Crippen LogP contribution in [0.4, 0.5) is 5.82 Å². The minimum absolute atomic E-state index is 0.576. The van der Waals surface area contributed by atoms with Crippen molar-refractivity contribution in [2.24, 2.45) is 0 Å². The topological polar surface area (TPSA) is 70.6 Å². The summed E-state index contributed by atoms with van der Waals surface area (Å²) in [6.45, 7) is 5.11. The Morgan fingerprint density at radius 3 is 2.60 bits per heavy atom. The fourth-order valence-electron chi connectivity index (χ4n) is 2.69. The summed E-state index contributed by atoms with van der Waals surface area (Å²) in [7, 11) is 1.91. The van der Waals surface area contributed by atoms with Gasteiger partial charge in [0.25, 0.3) is 0 Å². The Morgan fingerprint density at radius 2 is 1.88 bits per heavy atom. The molecule has 126 valence electrons. The zero-order valence-corrected chi connectivity index (χ0v) is 14.6. The van der Waals surface area contributed by atoms with E-state index in [1.54, 1.807) is 0 Å². The normalized spacial score (nSPS) is 10.5. The lowest BCUT2D eigenvalue weighted by atomic mass is 10.1. The molecule has 0 aliphatic heterocycles. The van der Waals surface area contributed by atoms with Gasteiger partial charge in [-0.15, -0.1) is 5.10 Å². The number of rotatable bonds is 5. The van der Waals surface area contributed by atoms with Gasteiger partial charge in [-0.05, 0) is 25.0 Å². The van der Waals surface area contributed by atoms with Crippen molar-refractivity contribution in [2.45, 2.75) is 26.9 Å². The number of benzene rings is 1. The van der Waals surface area contributed by atoms with Gasteiger partial charge >= 0.3 is 0 Å². The quantitative estimate of drug-likeness (QED) is 0.718. The molecule has 0 aliphatic rings. The fraction of sp³-hybridized carbons (Fsp3) is 0.263. The van der Waals surface area contributed by atoms with E-state index in [4.69, 9.17) is 0 Å². The van der Waals surface area contributed by atoms with E-state index in [1.807, 2.05) is 61.1 Å². The number of anilines is 1. The molecule has 3 rings (SSSR count). The van der Waals surface area contributed by atoms with Crippen molar-refractivity contribution >= 4 is 5.82 Å². The van der Waals surface area contributed by atoms with Gasteiger partial charge in [-0.3, -0.25) is 4.68 Å². The third kappa shape index (κ3) is 3.66. The molecule has 0 unspecified atom stereocenters. The van der Waals surface area contributed by atoms with Gasteiger partial charge in [0.1, 0.15) is 11.6 Å². The highest BCUT2D eigenvalue weighted by Crippen LogP contribution is 2.21. The Bertz CT molecular complexity index is 907. The number of nitrogens with zero attached hydrogens (tertiary/aromatic N) is 6. The molecule has 0 saturated carbocycles. The van der Waals surface area contributed by atoms with Crippen LogP contribution in [0.3, 0.4) is 0 Å². The molecule has 6 heteroatoms. The van der Waals surface area contributed by atoms with Crippen molar-refractivity contribution in [3.8, 4) is 6.07 Å². The Kier molecular flexibility index (Phi) is 4.75. The summed E-state index contributed by atoms with van der Waals surface area (Å²) < 4.78 is 1.91. The first kappa shape index (κ1) is 16.7. The SMILES string of the molecule is Cc1nnc(N(C)Cc2cnn(Cc3ccccc3)c2)c(C#N)c1C. The molecule has 0 atom stereocenters. The summed E-state index contributed by atoms with van der Waals surface area (Å²) in [5, 5.41) is 22.2. The standard InChI is InChI=1S/C19H20N6/c1-14-15(2)22-23-19(18(14)9-20)24(3)11-17-10-21-25(13-17)12-16-7-5-4-6-8-16/h4-8,10,13H,11-12H2,1-3H3. The van der Waals surface area contributed by atoms with Crippen molar-refractivity contribution in [1.29, 1.82) is 5.26 Å². The van der Waals surface area contributed by atoms with Gasteiger partial charge < -0.3 is 4.90 Å². The second-order valence-electron chi connectivity index (χ2n) is 6.11. The first-order valence-corrected chi connectivity index (χ1v) is 8.09. The maximum absolute atomic E-state index is 9.45. The van der Waals surface area contributed by atoms with Crippen LogP contribution in [0.5, 0.6) is 0 Å². The van der Waals surface area contributed by atoms with Crippen LogP contribution in [0.2, 0.25) is 0 Å². The predicted octanol–water partition coefficient (Wildman–Crippen LogP) is 2.85. The molecule has 1 aromatic carbocycles. The van der Waals surface area contributed by atoms with Crippen LogP contribution in [0.15, 0.2) is 42.7 Å². The first-order valence-electron chi connectivity index (χ1n) is 8.09. The number of aryl methyl sites for hydroxylation is 1. The van der Waals surface area contributed by atoms with Crippen molar-refractivity contribution in [2.75, 3.05) is 11.9 Å². The molecule has 0 bridgehead atoms. The molecule has 3 aromatic rings. The minimum Gasteiger partial charge on any atom is -0.353 e. The van der Waals surface area contributed by atoms with E-state index in [2.05, 4.69) is 33.5 Å². The van der Waals surface area contributed by atoms with Crippen molar-refractivity contribution < 1.29 is 0 Å². The molecule has 0 fully saturated rings. The van der Waals surface area contributed by atoms with Gasteiger partial charge in [-0.1, -0.05) is 30.3 Å². The lowest BCUT2D eigenvalue weighted by Gasteiger charge is -2.19. The molecule has 2 heterocycles. The summed E-state index contributed by atoms with van der Waals surface area (Å²) in [6, 6.07) is 12.5. The maximum atomic E-state index is 9.45. The number of hydrogen-bond acceptors (Lipinski definition) is 5. The molecule has 0 aliphatic carbocycles. The second-order valence-corrected chi connectivity index (χ2v) is 6.11. The number of aromatic nitrogens is 4. The van der Waals surface area contributed by atoms with E-state index in [1.165, 1.54) is 5.56 Å². The average Bonchev–Trinajstić information content (AvgIpc) is 3.04. The molecular formula is C19H20N6. The first-order chi connectivity index (χ1) is 12.1. The monoisotopic (exact) mass is 332 g/mol. The lowest BCUT2D eigenvalue weighted by molar-refractivity contribution is 0.686. The van der Waals surface area contributed by atoms with Crippen LogP contribution in [-0.4, -0.2) is 27.0 Å². The summed E-state index contributed by atoms with van der Waals surface area (Å²) in [5.74, 6) is 0.599. The smallest absolute Gasteiger partial charge is 0.169 e. The molecule has 2 aromatic heterocycles. The Labute approximate surface area is 147 Å². The summed E-state index contributed by atoms with van der Waals surface area (Å²) in [6.07, 6.45) is 3.87. The highest BCUT2D eigenvalue weighted by Gasteiger charge is 2.15. The van der Waals surface area contributed by atoms with E-state index in [0.717, 1.165) is 23.4 Å². The number of nitriles is 1. The second kappa shape index (κ2) is 7.14. The van der Waals surface area contributed by atoms with Gasteiger partial charge in [0, 0.05) is 25.4 Å². The fourth-order valence-corrected chi connectivity index (χ4v) is 2.69. The van der Waals surface area contributed by atoms with Crippen molar-refractivity contribution in [3.05, 3.63) is 70.7 Å². The Morgan fingerprint density at radius 1 is 1.12 bits per heavy atom. The average molecular weight is 332 g/mol. The van der Waals surface area contributed by atoms with E-state index in [0.29, 0.717) is 17.9 Å². The van der Waals surface area contributed by atoms with E-state index in [9.17, 15) is 5.26 Å². The van der Waals surface area contributed by atoms with E-state index >= 15 is 0 Å². The maximum Gasteiger partial charge on any atom is 0.169 e. The largest absolute Gasteiger partial charge is 0.353 e. The van der Waals surface area contributed by atoms with Crippen LogP contribution in [0, 0.1) is 25.2 Å². The summed E-state index contributed by atoms with van der Waals surface area (Å²) >= 11 is 0. The zero-order valence-electron chi connectivity index (χ0n) is 14.6. The van der Waals surface area contributed by atoms with Crippen LogP contribution >= 0.6 is 0 Å². The third-order valence-electron chi connectivity index (χ3n) is 4.20.